The van der Waals surface area contributed by atoms with E-state index in [4.69, 9.17) is 14.6 Å². The van der Waals surface area contributed by atoms with E-state index in [-0.39, 0.29) is 24.2 Å². The standard InChI is InChI=1S/C18H24N2O3S.CH2O2/c21-17(13-24-16-7-2-1-3-8-16)20-9-10-23-12-14(11-20)18(22)19-15-5-4-6-15;2-1-3/h1-3,7-8,14-15H,4-6,9-13H2,(H,19,22);1H,(H,2,3). The number of carbonyl (C=O) groups excluding carboxylic acids is 2. The number of nitrogens with one attached hydrogen (secondary N) is 1. The summed E-state index contributed by atoms with van der Waals surface area (Å²) in [5.41, 5.74) is 0. The summed E-state index contributed by atoms with van der Waals surface area (Å²) in [6.45, 7) is 1.65. The van der Waals surface area contributed by atoms with Gasteiger partial charge in [0.05, 0.1) is 24.9 Å². The van der Waals surface area contributed by atoms with E-state index in [9.17, 15) is 9.59 Å². The van der Waals surface area contributed by atoms with Gasteiger partial charge in [-0.1, -0.05) is 18.2 Å². The van der Waals surface area contributed by atoms with Crippen LogP contribution in [0.2, 0.25) is 0 Å². The molecular formula is C19H26N2O5S. The number of thioether (sulfide) groups is 1. The molecular weight excluding hydrogens is 368 g/mol. The molecule has 1 heterocycles. The first-order valence-electron chi connectivity index (χ1n) is 9.05. The van der Waals surface area contributed by atoms with Crippen LogP contribution in [-0.2, 0) is 19.1 Å². The van der Waals surface area contributed by atoms with E-state index < -0.39 is 0 Å². The average molecular weight is 394 g/mol. The first-order valence-corrected chi connectivity index (χ1v) is 10.0. The Kier molecular flexibility index (Phi) is 9.13. The van der Waals surface area contributed by atoms with Gasteiger partial charge in [-0.15, -0.1) is 11.8 Å². The first-order chi connectivity index (χ1) is 13.1. The van der Waals surface area contributed by atoms with Crippen molar-refractivity contribution in [3.63, 3.8) is 0 Å². The zero-order valence-corrected chi connectivity index (χ0v) is 16.0. The average Bonchev–Trinajstić information content (AvgIpc) is 2.90. The van der Waals surface area contributed by atoms with Crippen LogP contribution in [0.3, 0.4) is 0 Å². The summed E-state index contributed by atoms with van der Waals surface area (Å²) in [6.07, 6.45) is 3.32. The fourth-order valence-electron chi connectivity index (χ4n) is 2.82. The van der Waals surface area contributed by atoms with E-state index in [1.807, 2.05) is 30.3 Å². The van der Waals surface area contributed by atoms with Gasteiger partial charge in [-0.25, -0.2) is 0 Å². The van der Waals surface area contributed by atoms with Crippen LogP contribution in [0, 0.1) is 5.92 Å². The Morgan fingerprint density at radius 3 is 2.63 bits per heavy atom. The van der Waals surface area contributed by atoms with Gasteiger partial charge in [-0.05, 0) is 31.4 Å². The lowest BCUT2D eigenvalue weighted by atomic mass is 9.92. The van der Waals surface area contributed by atoms with Gasteiger partial charge in [0.1, 0.15) is 0 Å². The van der Waals surface area contributed by atoms with Crippen molar-refractivity contribution in [3.05, 3.63) is 30.3 Å². The second-order valence-corrected chi connectivity index (χ2v) is 7.50. The minimum absolute atomic E-state index is 0.0233. The molecule has 2 N–H and O–H groups in total. The van der Waals surface area contributed by atoms with Crippen molar-refractivity contribution in [3.8, 4) is 0 Å². The van der Waals surface area contributed by atoms with Gasteiger partial charge in [0.15, 0.2) is 0 Å². The molecule has 1 atom stereocenters. The summed E-state index contributed by atoms with van der Waals surface area (Å²) < 4.78 is 5.54. The Labute approximate surface area is 163 Å². The first kappa shape index (κ1) is 21.2. The maximum Gasteiger partial charge on any atom is 0.290 e. The molecule has 3 rings (SSSR count). The summed E-state index contributed by atoms with van der Waals surface area (Å²) in [7, 11) is 0. The fraction of sp³-hybridized carbons (Fsp3) is 0.526. The second-order valence-electron chi connectivity index (χ2n) is 6.46. The predicted molar refractivity (Wildman–Crippen MR) is 103 cm³/mol. The van der Waals surface area contributed by atoms with E-state index >= 15 is 0 Å². The Morgan fingerprint density at radius 1 is 1.30 bits per heavy atom. The molecule has 148 valence electrons. The minimum Gasteiger partial charge on any atom is -0.483 e. The lowest BCUT2D eigenvalue weighted by Gasteiger charge is -2.29. The van der Waals surface area contributed by atoms with Crippen LogP contribution in [0.25, 0.3) is 0 Å². The molecule has 1 saturated carbocycles. The maximum absolute atomic E-state index is 12.5. The summed E-state index contributed by atoms with van der Waals surface area (Å²) in [5.74, 6) is 0.214. The third-order valence-electron chi connectivity index (χ3n) is 4.55. The Hall–Kier alpha value is -2.06. The van der Waals surface area contributed by atoms with E-state index in [0.717, 1.165) is 17.7 Å². The highest BCUT2D eigenvalue weighted by Crippen LogP contribution is 2.20. The highest BCUT2D eigenvalue weighted by molar-refractivity contribution is 8.00. The van der Waals surface area contributed by atoms with Crippen LogP contribution in [-0.4, -0.2) is 66.4 Å². The van der Waals surface area contributed by atoms with Crippen molar-refractivity contribution in [2.75, 3.05) is 32.1 Å². The molecule has 1 aliphatic heterocycles. The normalized spacial score (nSPS) is 19.7. The van der Waals surface area contributed by atoms with Crippen LogP contribution in [0.4, 0.5) is 0 Å². The third kappa shape index (κ3) is 7.22. The molecule has 27 heavy (non-hydrogen) atoms. The van der Waals surface area contributed by atoms with Crippen LogP contribution >= 0.6 is 11.8 Å². The van der Waals surface area contributed by atoms with Crippen LogP contribution < -0.4 is 5.32 Å². The zero-order valence-electron chi connectivity index (χ0n) is 15.2. The van der Waals surface area contributed by atoms with E-state index in [1.54, 1.807) is 4.90 Å². The van der Waals surface area contributed by atoms with Crippen molar-refractivity contribution >= 4 is 30.0 Å². The molecule has 2 amide bonds. The smallest absolute Gasteiger partial charge is 0.290 e. The molecule has 1 aliphatic carbocycles. The lowest BCUT2D eigenvalue weighted by Crippen LogP contribution is -2.47. The topological polar surface area (TPSA) is 95.9 Å². The molecule has 1 aromatic carbocycles. The number of benzene rings is 1. The van der Waals surface area contributed by atoms with Crippen LogP contribution in [0.5, 0.6) is 0 Å². The van der Waals surface area contributed by atoms with Crippen molar-refractivity contribution < 1.29 is 24.2 Å². The van der Waals surface area contributed by atoms with Crippen molar-refractivity contribution in [1.29, 1.82) is 0 Å². The maximum atomic E-state index is 12.5. The Balaban J connectivity index is 0.000000817. The van der Waals surface area contributed by atoms with Gasteiger partial charge in [0.2, 0.25) is 11.8 Å². The quantitative estimate of drug-likeness (QED) is 0.582. The minimum atomic E-state index is -0.265. The van der Waals surface area contributed by atoms with Gasteiger partial charge in [0, 0.05) is 24.0 Å². The number of ether oxygens (including phenoxy) is 1. The summed E-state index contributed by atoms with van der Waals surface area (Å²) >= 11 is 1.53. The molecule has 2 fully saturated rings. The van der Waals surface area contributed by atoms with Crippen LogP contribution in [0.1, 0.15) is 19.3 Å². The lowest BCUT2D eigenvalue weighted by molar-refractivity contribution is -0.131. The molecule has 0 bridgehead atoms. The van der Waals surface area contributed by atoms with Gasteiger partial charge < -0.3 is 20.1 Å². The van der Waals surface area contributed by atoms with Crippen molar-refractivity contribution in [2.45, 2.75) is 30.2 Å². The van der Waals surface area contributed by atoms with Crippen LogP contribution in [0.15, 0.2) is 35.2 Å². The molecule has 7 nitrogen and oxygen atoms in total. The Bertz CT molecular complexity index is 609. The SMILES string of the molecule is O=C(NC1CCC1)C1COCCN(C(=O)CSc2ccccc2)C1.O=CO. The van der Waals surface area contributed by atoms with Gasteiger partial charge in [0.25, 0.3) is 6.47 Å². The Morgan fingerprint density at radius 2 is 2.00 bits per heavy atom. The van der Waals surface area contributed by atoms with Crippen molar-refractivity contribution in [2.24, 2.45) is 5.92 Å². The highest BCUT2D eigenvalue weighted by atomic mass is 32.2. The number of hydrogen-bond acceptors (Lipinski definition) is 5. The van der Waals surface area contributed by atoms with E-state index in [0.29, 0.717) is 38.1 Å². The number of rotatable bonds is 5. The molecule has 8 heteroatoms. The van der Waals surface area contributed by atoms with Gasteiger partial charge in [-0.2, -0.15) is 0 Å². The molecule has 0 radical (unpaired) electrons. The van der Waals surface area contributed by atoms with Crippen molar-refractivity contribution in [1.82, 2.24) is 10.2 Å². The number of carboxylic acid groups (broad SMARTS) is 1. The number of nitrogens with zero attached hydrogens (tertiary/aromatic N) is 1. The van der Waals surface area contributed by atoms with E-state index in [1.165, 1.54) is 18.2 Å². The second kappa shape index (κ2) is 11.6. The molecule has 1 aromatic rings. The van der Waals surface area contributed by atoms with Gasteiger partial charge in [-0.3, -0.25) is 14.4 Å². The summed E-state index contributed by atoms with van der Waals surface area (Å²) in [4.78, 5) is 36.1. The zero-order chi connectivity index (χ0) is 19.5. The fourth-order valence-corrected chi connectivity index (χ4v) is 3.64. The monoisotopic (exact) mass is 394 g/mol. The van der Waals surface area contributed by atoms with E-state index in [2.05, 4.69) is 5.32 Å². The summed E-state index contributed by atoms with van der Waals surface area (Å²) in [5, 5.41) is 9.96. The molecule has 1 saturated heterocycles. The molecule has 0 aromatic heterocycles. The number of hydrogen-bond donors (Lipinski definition) is 2. The third-order valence-corrected chi connectivity index (χ3v) is 5.54. The van der Waals surface area contributed by atoms with Gasteiger partial charge >= 0.3 is 0 Å². The summed E-state index contributed by atoms with van der Waals surface area (Å²) in [6, 6.07) is 10.2. The molecule has 1 unspecified atom stereocenters. The predicted octanol–water partition coefficient (Wildman–Crippen LogP) is 1.62. The highest BCUT2D eigenvalue weighted by Gasteiger charge is 2.29. The molecule has 2 aliphatic rings. The largest absolute Gasteiger partial charge is 0.483 e. The number of carbonyl (C=O) groups is 3. The number of amides is 2. The molecule has 0 spiro atoms.